The first-order valence-corrected chi connectivity index (χ1v) is 13.3. The van der Waals surface area contributed by atoms with Crippen molar-refractivity contribution in [1.82, 2.24) is 4.98 Å². The van der Waals surface area contributed by atoms with Gasteiger partial charge in [0, 0.05) is 24.0 Å². The van der Waals surface area contributed by atoms with Gasteiger partial charge in [0.25, 0.3) is 0 Å². The highest BCUT2D eigenvalue weighted by molar-refractivity contribution is 7.92. The summed E-state index contributed by atoms with van der Waals surface area (Å²) in [5, 5.41) is 2.00. The molecule has 0 aliphatic carbocycles. The first kappa shape index (κ1) is 24.6. The smallest absolute Gasteiger partial charge is 0.203 e. The lowest BCUT2D eigenvalue weighted by Gasteiger charge is -2.31. The standard InChI is InChI=1S/C23H24ClFN2O5S2/c1-30-20-10-14(11-21(31-2)22(20)32-3)19-13-33-23(26-19)27-8-6-15(7-9-27)34(28,29)16-4-5-18(25)17(24)12-16/h4-5,10-13,15H,6-9H2,1-3H3. The maximum Gasteiger partial charge on any atom is 0.203 e. The van der Waals surface area contributed by atoms with Crippen LogP contribution < -0.4 is 19.1 Å². The van der Waals surface area contributed by atoms with Gasteiger partial charge in [0.2, 0.25) is 5.75 Å². The van der Waals surface area contributed by atoms with Gasteiger partial charge in [-0.15, -0.1) is 11.3 Å². The third-order valence-electron chi connectivity index (χ3n) is 5.82. The van der Waals surface area contributed by atoms with Crippen molar-refractivity contribution in [1.29, 1.82) is 0 Å². The van der Waals surface area contributed by atoms with E-state index >= 15 is 0 Å². The first-order chi connectivity index (χ1) is 16.3. The molecule has 11 heteroatoms. The van der Waals surface area contributed by atoms with Crippen LogP contribution in [0.5, 0.6) is 17.2 Å². The molecule has 0 unspecified atom stereocenters. The van der Waals surface area contributed by atoms with Gasteiger partial charge in [0.1, 0.15) is 5.82 Å². The molecule has 4 rings (SSSR count). The maximum absolute atomic E-state index is 13.5. The van der Waals surface area contributed by atoms with Gasteiger partial charge in [-0.3, -0.25) is 0 Å². The van der Waals surface area contributed by atoms with Crippen LogP contribution in [-0.2, 0) is 9.84 Å². The zero-order chi connectivity index (χ0) is 24.5. The molecule has 1 saturated heterocycles. The Morgan fingerprint density at radius 3 is 2.26 bits per heavy atom. The van der Waals surface area contributed by atoms with Crippen molar-refractivity contribution >= 4 is 37.9 Å². The van der Waals surface area contributed by atoms with E-state index in [0.717, 1.165) is 22.5 Å². The van der Waals surface area contributed by atoms with Crippen LogP contribution in [0.1, 0.15) is 12.8 Å². The van der Waals surface area contributed by atoms with Crippen LogP contribution >= 0.6 is 22.9 Å². The molecule has 182 valence electrons. The van der Waals surface area contributed by atoms with Crippen molar-refractivity contribution < 1.29 is 27.0 Å². The second-order valence-corrected chi connectivity index (χ2v) is 11.2. The summed E-state index contributed by atoms with van der Waals surface area (Å²) in [6.07, 6.45) is 0.882. The van der Waals surface area contributed by atoms with Crippen molar-refractivity contribution in [2.24, 2.45) is 0 Å². The van der Waals surface area contributed by atoms with E-state index < -0.39 is 20.9 Å². The minimum absolute atomic E-state index is 0.0521. The van der Waals surface area contributed by atoms with Crippen LogP contribution in [0.15, 0.2) is 40.6 Å². The number of nitrogens with zero attached hydrogens (tertiary/aromatic N) is 2. The molecule has 1 aromatic heterocycles. The maximum atomic E-state index is 13.5. The van der Waals surface area contributed by atoms with E-state index in [4.69, 9.17) is 30.8 Å². The monoisotopic (exact) mass is 526 g/mol. The number of hydrogen-bond donors (Lipinski definition) is 0. The number of aromatic nitrogens is 1. The number of thiazole rings is 1. The van der Waals surface area contributed by atoms with E-state index in [2.05, 4.69) is 4.90 Å². The highest BCUT2D eigenvalue weighted by Crippen LogP contribution is 2.42. The van der Waals surface area contributed by atoms with Gasteiger partial charge < -0.3 is 19.1 Å². The third kappa shape index (κ3) is 4.67. The molecule has 1 fully saturated rings. The fourth-order valence-electron chi connectivity index (χ4n) is 3.97. The Hall–Kier alpha value is -2.56. The summed E-state index contributed by atoms with van der Waals surface area (Å²) < 4.78 is 55.7. The van der Waals surface area contributed by atoms with Crippen LogP contribution in [0.2, 0.25) is 5.02 Å². The number of halogens is 2. The van der Waals surface area contributed by atoms with E-state index in [0.29, 0.717) is 43.2 Å². The van der Waals surface area contributed by atoms with Crippen molar-refractivity contribution in [2.75, 3.05) is 39.3 Å². The Morgan fingerprint density at radius 2 is 1.71 bits per heavy atom. The predicted octanol–water partition coefficient (Wildman–Crippen LogP) is 5.07. The number of hydrogen-bond acceptors (Lipinski definition) is 8. The molecular formula is C23H24ClFN2O5S2. The summed E-state index contributed by atoms with van der Waals surface area (Å²) in [6.45, 7) is 1.09. The fraction of sp³-hybridized carbons (Fsp3) is 0.348. The average molecular weight is 527 g/mol. The van der Waals surface area contributed by atoms with Gasteiger partial charge in [-0.2, -0.15) is 0 Å². The second-order valence-electron chi connectivity index (χ2n) is 7.74. The molecule has 7 nitrogen and oxygen atoms in total. The Kier molecular flexibility index (Phi) is 7.20. The Morgan fingerprint density at radius 1 is 1.06 bits per heavy atom. The number of piperidine rings is 1. The lowest BCUT2D eigenvalue weighted by Crippen LogP contribution is -2.39. The molecule has 34 heavy (non-hydrogen) atoms. The molecule has 0 bridgehead atoms. The van der Waals surface area contributed by atoms with Gasteiger partial charge in [0.05, 0.1) is 42.2 Å². The predicted molar refractivity (Wildman–Crippen MR) is 131 cm³/mol. The summed E-state index contributed by atoms with van der Waals surface area (Å²) in [4.78, 5) is 6.89. The van der Waals surface area contributed by atoms with E-state index in [-0.39, 0.29) is 9.92 Å². The molecule has 2 aromatic carbocycles. The minimum Gasteiger partial charge on any atom is -0.493 e. The van der Waals surface area contributed by atoms with Crippen LogP contribution in [-0.4, -0.2) is 53.1 Å². The van der Waals surface area contributed by atoms with Crippen molar-refractivity contribution in [3.8, 4) is 28.5 Å². The van der Waals surface area contributed by atoms with Crippen LogP contribution in [0.3, 0.4) is 0 Å². The van der Waals surface area contributed by atoms with Gasteiger partial charge in [-0.05, 0) is 43.2 Å². The molecule has 3 aromatic rings. The van der Waals surface area contributed by atoms with Gasteiger partial charge in [-0.25, -0.2) is 17.8 Å². The van der Waals surface area contributed by atoms with E-state index in [1.54, 1.807) is 21.3 Å². The first-order valence-electron chi connectivity index (χ1n) is 10.5. The average Bonchev–Trinajstić information content (AvgIpc) is 3.35. The van der Waals surface area contributed by atoms with E-state index in [1.807, 2.05) is 17.5 Å². The zero-order valence-electron chi connectivity index (χ0n) is 18.9. The highest BCUT2D eigenvalue weighted by Gasteiger charge is 2.32. The van der Waals surface area contributed by atoms with Gasteiger partial charge >= 0.3 is 0 Å². The second kappa shape index (κ2) is 9.97. The van der Waals surface area contributed by atoms with E-state index in [9.17, 15) is 12.8 Å². The number of sulfone groups is 1. The summed E-state index contributed by atoms with van der Waals surface area (Å²) in [5.41, 5.74) is 1.58. The summed E-state index contributed by atoms with van der Waals surface area (Å²) in [7, 11) is 1.07. The summed E-state index contributed by atoms with van der Waals surface area (Å²) in [6, 6.07) is 7.22. The fourth-order valence-corrected chi connectivity index (χ4v) is 6.86. The van der Waals surface area contributed by atoms with Gasteiger partial charge in [0.15, 0.2) is 26.5 Å². The largest absolute Gasteiger partial charge is 0.493 e. The molecule has 0 atom stereocenters. The molecule has 0 amide bonds. The molecular weight excluding hydrogens is 503 g/mol. The van der Waals surface area contributed by atoms with Crippen molar-refractivity contribution in [2.45, 2.75) is 23.0 Å². The molecule has 0 spiro atoms. The van der Waals surface area contributed by atoms with Gasteiger partial charge in [-0.1, -0.05) is 11.6 Å². The van der Waals surface area contributed by atoms with E-state index in [1.165, 1.54) is 23.5 Å². The van der Waals surface area contributed by atoms with Crippen LogP contribution in [0, 0.1) is 5.82 Å². The quantitative estimate of drug-likeness (QED) is 0.398. The molecule has 2 heterocycles. The Bertz CT molecular complexity index is 1270. The molecule has 1 aliphatic rings. The normalized spacial score (nSPS) is 14.8. The van der Waals surface area contributed by atoms with Crippen LogP contribution in [0.25, 0.3) is 11.3 Å². The zero-order valence-corrected chi connectivity index (χ0v) is 21.3. The number of ether oxygens (including phenoxy) is 3. The number of benzene rings is 2. The summed E-state index contributed by atoms with van der Waals surface area (Å²) in [5.74, 6) is 0.952. The lowest BCUT2D eigenvalue weighted by molar-refractivity contribution is 0.324. The Balaban J connectivity index is 1.50. The number of rotatable bonds is 7. The Labute approximate surface area is 207 Å². The minimum atomic E-state index is -3.60. The number of anilines is 1. The van der Waals surface area contributed by atoms with Crippen LogP contribution in [0.4, 0.5) is 9.52 Å². The third-order valence-corrected chi connectivity index (χ3v) is 9.27. The SMILES string of the molecule is COc1cc(-c2csc(N3CCC(S(=O)(=O)c4ccc(F)c(Cl)c4)CC3)n2)cc(OC)c1OC. The topological polar surface area (TPSA) is 78.0 Å². The molecule has 0 radical (unpaired) electrons. The molecule has 1 aliphatic heterocycles. The van der Waals surface area contributed by atoms with Crippen molar-refractivity contribution in [3.05, 3.63) is 46.6 Å². The lowest BCUT2D eigenvalue weighted by atomic mass is 10.1. The summed E-state index contributed by atoms with van der Waals surface area (Å²) >= 11 is 7.28. The van der Waals surface area contributed by atoms with Crippen molar-refractivity contribution in [3.63, 3.8) is 0 Å². The number of methoxy groups -OCH3 is 3. The molecule has 0 saturated carbocycles. The molecule has 0 N–H and O–H groups in total. The highest BCUT2D eigenvalue weighted by atomic mass is 35.5.